The molecule has 2 aromatic rings. The van der Waals surface area contributed by atoms with E-state index in [2.05, 4.69) is 48.5 Å². The summed E-state index contributed by atoms with van der Waals surface area (Å²) in [5.41, 5.74) is 2.55. The van der Waals surface area contributed by atoms with Gasteiger partial charge in [-0.05, 0) is 11.1 Å². The predicted octanol–water partition coefficient (Wildman–Crippen LogP) is 2.71. The molecule has 3 nitrogen and oxygen atoms in total. The lowest BCUT2D eigenvalue weighted by Crippen LogP contribution is -1.73. The molecule has 0 amide bonds. The van der Waals surface area contributed by atoms with E-state index in [1.807, 2.05) is 12.1 Å². The molecule has 0 saturated carbocycles. The summed E-state index contributed by atoms with van der Waals surface area (Å²) in [6.07, 6.45) is 0. The summed E-state index contributed by atoms with van der Waals surface area (Å²) in [5.74, 6) is 0. The largest absolute Gasteiger partial charge is 0.326 e. The molecule has 0 aliphatic rings. The van der Waals surface area contributed by atoms with Gasteiger partial charge in [0, 0.05) is 0 Å². The average Bonchev–Trinajstić information content (AvgIpc) is 2.31. The molecule has 4 heteroatoms. The summed E-state index contributed by atoms with van der Waals surface area (Å²) < 4.78 is 8.74. The van der Waals surface area contributed by atoms with Crippen LogP contribution in [0.1, 0.15) is 0 Å². The van der Waals surface area contributed by atoms with Gasteiger partial charge in [-0.25, -0.2) is 0 Å². The summed E-state index contributed by atoms with van der Waals surface area (Å²) in [6.45, 7) is 0. The number of rotatable bonds is 1. The highest BCUT2D eigenvalue weighted by atomic mass is 31.1. The maximum absolute atomic E-state index is 8.74. The zero-order valence-corrected chi connectivity index (χ0v) is 9.58. The van der Waals surface area contributed by atoms with E-state index < -0.39 is 8.25 Å². The van der Waals surface area contributed by atoms with Crippen molar-refractivity contribution in [3.8, 4) is 11.1 Å². The van der Waals surface area contributed by atoms with Gasteiger partial charge in [-0.1, -0.05) is 60.7 Å². The third-order valence-electron chi connectivity index (χ3n) is 1.88. The van der Waals surface area contributed by atoms with Crippen molar-refractivity contribution in [2.24, 2.45) is 0 Å². The zero-order valence-electron chi connectivity index (χ0n) is 8.58. The van der Waals surface area contributed by atoms with Gasteiger partial charge >= 0.3 is 8.25 Å². The Hall–Kier alpha value is -1.41. The van der Waals surface area contributed by atoms with Crippen LogP contribution in [0.15, 0.2) is 60.7 Å². The topological polar surface area (TPSA) is 57.5 Å². The summed E-state index contributed by atoms with van der Waals surface area (Å²) in [4.78, 5) is 14.3. The van der Waals surface area contributed by atoms with Crippen molar-refractivity contribution in [3.05, 3.63) is 60.7 Å². The van der Waals surface area contributed by atoms with Gasteiger partial charge in [0.2, 0.25) is 0 Å². The second-order valence-electron chi connectivity index (χ2n) is 3.01. The van der Waals surface area contributed by atoms with Crippen molar-refractivity contribution >= 4 is 8.25 Å². The van der Waals surface area contributed by atoms with Crippen LogP contribution in [-0.4, -0.2) is 9.79 Å². The van der Waals surface area contributed by atoms with Crippen molar-refractivity contribution < 1.29 is 14.4 Å². The van der Waals surface area contributed by atoms with Crippen molar-refractivity contribution in [3.63, 3.8) is 0 Å². The molecule has 2 aromatic carbocycles. The van der Waals surface area contributed by atoms with Gasteiger partial charge in [0.05, 0.1) is 0 Å². The van der Waals surface area contributed by atoms with Crippen molar-refractivity contribution in [1.82, 2.24) is 0 Å². The molecule has 2 rings (SSSR count). The molecule has 0 spiro atoms. The first-order valence-electron chi connectivity index (χ1n) is 4.72. The molecule has 84 valence electrons. The van der Waals surface area contributed by atoms with Gasteiger partial charge in [-0.2, -0.15) is 0 Å². The average molecular weight is 236 g/mol. The second-order valence-corrected chi connectivity index (χ2v) is 3.58. The minimum atomic E-state index is -3.13. The predicted molar refractivity (Wildman–Crippen MR) is 65.3 cm³/mol. The quantitative estimate of drug-likeness (QED) is 0.748. The third-order valence-corrected chi connectivity index (χ3v) is 1.88. The van der Waals surface area contributed by atoms with Crippen LogP contribution in [0.4, 0.5) is 0 Å². The first kappa shape index (κ1) is 12.7. The Morgan fingerprint density at radius 2 is 0.938 bits per heavy atom. The summed E-state index contributed by atoms with van der Waals surface area (Å²) in [6, 6.07) is 20.8. The molecule has 0 fully saturated rings. The Morgan fingerprint density at radius 3 is 1.19 bits per heavy atom. The Labute approximate surface area is 95.0 Å². The molecule has 2 N–H and O–H groups in total. The van der Waals surface area contributed by atoms with E-state index in [1.54, 1.807) is 0 Å². The van der Waals surface area contributed by atoms with Crippen molar-refractivity contribution in [2.45, 2.75) is 0 Å². The minimum absolute atomic E-state index is 1.28. The van der Waals surface area contributed by atoms with E-state index in [4.69, 9.17) is 14.4 Å². The molecule has 0 aromatic heterocycles. The molecule has 0 atom stereocenters. The molecular formula is C12H13O3P. The molecule has 0 bridgehead atoms. The highest BCUT2D eigenvalue weighted by molar-refractivity contribution is 7.30. The van der Waals surface area contributed by atoms with E-state index in [9.17, 15) is 0 Å². The van der Waals surface area contributed by atoms with Crippen LogP contribution in [-0.2, 0) is 4.57 Å². The normalized spacial score (nSPS) is 9.44. The van der Waals surface area contributed by atoms with Gasteiger partial charge in [0.15, 0.2) is 0 Å². The van der Waals surface area contributed by atoms with Crippen LogP contribution in [0.5, 0.6) is 0 Å². The molecular weight excluding hydrogens is 223 g/mol. The first-order chi connectivity index (χ1) is 7.70. The highest BCUT2D eigenvalue weighted by Gasteiger charge is 1.91. The second kappa shape index (κ2) is 6.96. The Bertz CT molecular complexity index is 387. The van der Waals surface area contributed by atoms with E-state index in [0.717, 1.165) is 0 Å². The van der Waals surface area contributed by atoms with Gasteiger partial charge in [0.1, 0.15) is 0 Å². The fourth-order valence-corrected chi connectivity index (χ4v) is 1.26. The Morgan fingerprint density at radius 1 is 0.688 bits per heavy atom. The lowest BCUT2D eigenvalue weighted by molar-refractivity contribution is 0.405. The van der Waals surface area contributed by atoms with Crippen molar-refractivity contribution in [2.75, 3.05) is 0 Å². The fraction of sp³-hybridized carbons (Fsp3) is 0. The third kappa shape index (κ3) is 4.89. The van der Waals surface area contributed by atoms with Gasteiger partial charge in [-0.3, -0.25) is 4.57 Å². The van der Waals surface area contributed by atoms with E-state index >= 15 is 0 Å². The maximum atomic E-state index is 8.74. The number of benzene rings is 2. The summed E-state index contributed by atoms with van der Waals surface area (Å²) in [5, 5.41) is 0. The number of hydrogen-bond donors (Lipinski definition) is 2. The van der Waals surface area contributed by atoms with Crippen molar-refractivity contribution in [1.29, 1.82) is 0 Å². The summed E-state index contributed by atoms with van der Waals surface area (Å²) >= 11 is 0. The van der Waals surface area contributed by atoms with Crippen LogP contribution >= 0.6 is 8.25 Å². The molecule has 0 saturated heterocycles. The van der Waals surface area contributed by atoms with Crippen LogP contribution in [0, 0.1) is 0 Å². The zero-order chi connectivity index (χ0) is 11.8. The molecule has 16 heavy (non-hydrogen) atoms. The monoisotopic (exact) mass is 236 g/mol. The van der Waals surface area contributed by atoms with E-state index in [-0.39, 0.29) is 0 Å². The van der Waals surface area contributed by atoms with E-state index in [0.29, 0.717) is 0 Å². The molecule has 0 aliphatic heterocycles. The van der Waals surface area contributed by atoms with Crippen LogP contribution in [0.3, 0.4) is 0 Å². The molecule has 0 heterocycles. The van der Waals surface area contributed by atoms with Crippen LogP contribution < -0.4 is 0 Å². The van der Waals surface area contributed by atoms with E-state index in [1.165, 1.54) is 11.1 Å². The molecule has 0 radical (unpaired) electrons. The first-order valence-corrected chi connectivity index (χ1v) is 6.03. The van der Waals surface area contributed by atoms with Gasteiger partial charge in [0.25, 0.3) is 0 Å². The minimum Gasteiger partial charge on any atom is -0.326 e. The van der Waals surface area contributed by atoms with Gasteiger partial charge < -0.3 is 9.79 Å². The maximum Gasteiger partial charge on any atom is 0.314 e. The van der Waals surface area contributed by atoms with Crippen LogP contribution in [0.25, 0.3) is 11.1 Å². The molecule has 0 unspecified atom stereocenters. The fourth-order valence-electron chi connectivity index (χ4n) is 1.26. The van der Waals surface area contributed by atoms with Gasteiger partial charge in [-0.15, -0.1) is 0 Å². The Balaban J connectivity index is 0.000000280. The standard InChI is InChI=1S/C12H10.H3O3P/c1-3-7-11(8-4-1)12-9-5-2-6-10-12;1-4(2)3/h1-10H;4H,(H2,1,2,3). The SMILES string of the molecule is O=[PH](O)O.c1ccc(-c2ccccc2)cc1. The highest BCUT2D eigenvalue weighted by Crippen LogP contribution is 2.17. The lowest BCUT2D eigenvalue weighted by atomic mass is 10.1. The smallest absolute Gasteiger partial charge is 0.314 e. The lowest BCUT2D eigenvalue weighted by Gasteiger charge is -1.98. The Kier molecular flexibility index (Phi) is 5.51. The number of hydrogen-bond acceptors (Lipinski definition) is 1. The van der Waals surface area contributed by atoms with Crippen LogP contribution in [0.2, 0.25) is 0 Å². The molecule has 0 aliphatic carbocycles. The summed E-state index contributed by atoms with van der Waals surface area (Å²) in [7, 11) is -3.13.